The second kappa shape index (κ2) is 5.24. The predicted octanol–water partition coefficient (Wildman–Crippen LogP) is 2.65. The summed E-state index contributed by atoms with van der Waals surface area (Å²) in [6.07, 6.45) is 0.791. The van der Waals surface area contributed by atoms with Gasteiger partial charge in [-0.3, -0.25) is 9.48 Å². The molecule has 2 atom stereocenters. The molecule has 110 valence electrons. The number of hydrogen-bond acceptors (Lipinski definition) is 3. The van der Waals surface area contributed by atoms with Crippen molar-refractivity contribution >= 4 is 17.4 Å². The van der Waals surface area contributed by atoms with Gasteiger partial charge in [0.15, 0.2) is 0 Å². The van der Waals surface area contributed by atoms with Crippen LogP contribution in [0.4, 0.5) is 11.5 Å². The van der Waals surface area contributed by atoms with E-state index < -0.39 is 0 Å². The molecule has 21 heavy (non-hydrogen) atoms. The Morgan fingerprint density at radius 1 is 1.43 bits per heavy atom. The van der Waals surface area contributed by atoms with Crippen LogP contribution in [-0.4, -0.2) is 21.7 Å². The van der Waals surface area contributed by atoms with Gasteiger partial charge in [-0.2, -0.15) is 5.10 Å². The maximum absolute atomic E-state index is 12.7. The third-order valence-electron chi connectivity index (χ3n) is 3.90. The summed E-state index contributed by atoms with van der Waals surface area (Å²) in [7, 11) is 1.83. The molecule has 5 nitrogen and oxygen atoms in total. The van der Waals surface area contributed by atoms with Gasteiger partial charge in [-0.25, -0.2) is 0 Å². The van der Waals surface area contributed by atoms with Crippen LogP contribution < -0.4 is 10.6 Å². The van der Waals surface area contributed by atoms with Crippen LogP contribution >= 0.6 is 0 Å². The number of aryl methyl sites for hydroxylation is 2. The number of benzene rings is 1. The minimum absolute atomic E-state index is 0.0267. The van der Waals surface area contributed by atoms with E-state index in [4.69, 9.17) is 0 Å². The number of aromatic nitrogens is 2. The van der Waals surface area contributed by atoms with E-state index >= 15 is 0 Å². The number of fused-ring (bicyclic) bond motifs is 1. The highest BCUT2D eigenvalue weighted by Gasteiger charge is 2.29. The van der Waals surface area contributed by atoms with Gasteiger partial charge in [-0.15, -0.1) is 0 Å². The normalized spacial score (nSPS) is 20.5. The van der Waals surface area contributed by atoms with Gasteiger partial charge in [0.2, 0.25) is 5.91 Å². The first kappa shape index (κ1) is 13.7. The Bertz CT molecular complexity index is 677. The van der Waals surface area contributed by atoms with Gasteiger partial charge >= 0.3 is 0 Å². The van der Waals surface area contributed by atoms with E-state index in [9.17, 15) is 4.79 Å². The number of amides is 1. The number of carbonyl (C=O) groups is 1. The fourth-order valence-corrected chi connectivity index (χ4v) is 2.93. The van der Waals surface area contributed by atoms with Crippen molar-refractivity contribution < 1.29 is 4.79 Å². The van der Waals surface area contributed by atoms with Crippen molar-refractivity contribution in [2.24, 2.45) is 7.05 Å². The molecule has 2 unspecified atom stereocenters. The zero-order chi connectivity index (χ0) is 15.0. The Kier molecular flexibility index (Phi) is 3.41. The lowest BCUT2D eigenvalue weighted by atomic mass is 9.87. The lowest BCUT2D eigenvalue weighted by Crippen LogP contribution is -2.32. The Morgan fingerprint density at radius 3 is 2.90 bits per heavy atom. The molecule has 2 aromatic rings. The summed E-state index contributed by atoms with van der Waals surface area (Å²) < 4.78 is 1.70. The molecule has 0 radical (unpaired) electrons. The summed E-state index contributed by atoms with van der Waals surface area (Å²) in [5, 5.41) is 10.7. The van der Waals surface area contributed by atoms with Crippen molar-refractivity contribution in [2.45, 2.75) is 32.2 Å². The van der Waals surface area contributed by atoms with Crippen LogP contribution in [-0.2, 0) is 11.8 Å². The predicted molar refractivity (Wildman–Crippen MR) is 83.5 cm³/mol. The first-order valence-corrected chi connectivity index (χ1v) is 7.21. The van der Waals surface area contributed by atoms with E-state index in [0.29, 0.717) is 0 Å². The SMILES string of the molecule is Cc1cc(NC(=O)C2CC(C)Nc3ccccc32)n(C)n1. The lowest BCUT2D eigenvalue weighted by molar-refractivity contribution is -0.117. The monoisotopic (exact) mass is 284 g/mol. The molecule has 1 aromatic heterocycles. The molecule has 0 spiro atoms. The fraction of sp³-hybridized carbons (Fsp3) is 0.375. The van der Waals surface area contributed by atoms with Crippen LogP contribution in [0.2, 0.25) is 0 Å². The van der Waals surface area contributed by atoms with Gasteiger partial charge in [0.05, 0.1) is 11.6 Å². The number of nitrogens with zero attached hydrogens (tertiary/aromatic N) is 2. The first-order chi connectivity index (χ1) is 10.0. The Morgan fingerprint density at radius 2 is 2.19 bits per heavy atom. The second-order valence-electron chi connectivity index (χ2n) is 5.70. The summed E-state index contributed by atoms with van der Waals surface area (Å²) in [6, 6.07) is 10.2. The van der Waals surface area contributed by atoms with E-state index in [-0.39, 0.29) is 17.9 Å². The maximum atomic E-state index is 12.7. The van der Waals surface area contributed by atoms with Crippen molar-refractivity contribution in [3.8, 4) is 0 Å². The molecule has 0 fully saturated rings. The molecule has 0 bridgehead atoms. The lowest BCUT2D eigenvalue weighted by Gasteiger charge is -2.30. The molecular weight excluding hydrogens is 264 g/mol. The van der Waals surface area contributed by atoms with Crippen molar-refractivity contribution in [3.63, 3.8) is 0 Å². The second-order valence-corrected chi connectivity index (χ2v) is 5.70. The zero-order valence-corrected chi connectivity index (χ0v) is 12.6. The van der Waals surface area contributed by atoms with Crippen molar-refractivity contribution in [3.05, 3.63) is 41.6 Å². The van der Waals surface area contributed by atoms with Gasteiger partial charge in [0, 0.05) is 24.8 Å². The highest BCUT2D eigenvalue weighted by Crippen LogP contribution is 2.34. The summed E-state index contributed by atoms with van der Waals surface area (Å²) in [5.41, 5.74) is 3.01. The molecule has 2 N–H and O–H groups in total. The molecule has 1 aliphatic rings. The minimum Gasteiger partial charge on any atom is -0.382 e. The highest BCUT2D eigenvalue weighted by molar-refractivity contribution is 5.96. The van der Waals surface area contributed by atoms with Crippen LogP contribution in [0.15, 0.2) is 30.3 Å². The molecule has 2 heterocycles. The van der Waals surface area contributed by atoms with Crippen molar-refractivity contribution in [2.75, 3.05) is 10.6 Å². The zero-order valence-electron chi connectivity index (χ0n) is 12.6. The molecule has 5 heteroatoms. The van der Waals surface area contributed by atoms with E-state index in [1.54, 1.807) is 4.68 Å². The first-order valence-electron chi connectivity index (χ1n) is 7.21. The van der Waals surface area contributed by atoms with E-state index in [2.05, 4.69) is 22.7 Å². The summed E-state index contributed by atoms with van der Waals surface area (Å²) in [4.78, 5) is 12.7. The van der Waals surface area contributed by atoms with Gasteiger partial charge in [-0.1, -0.05) is 18.2 Å². The summed E-state index contributed by atoms with van der Waals surface area (Å²) >= 11 is 0. The topological polar surface area (TPSA) is 59.0 Å². The molecule has 0 saturated heterocycles. The van der Waals surface area contributed by atoms with Gasteiger partial charge in [0.1, 0.15) is 5.82 Å². The quantitative estimate of drug-likeness (QED) is 0.891. The third kappa shape index (κ3) is 2.63. The smallest absolute Gasteiger partial charge is 0.233 e. The van der Waals surface area contributed by atoms with E-state index in [1.165, 1.54) is 0 Å². The minimum atomic E-state index is -0.132. The maximum Gasteiger partial charge on any atom is 0.233 e. The Balaban J connectivity index is 1.86. The molecule has 0 aliphatic carbocycles. The van der Waals surface area contributed by atoms with E-state index in [1.807, 2.05) is 44.3 Å². The summed E-state index contributed by atoms with van der Waals surface area (Å²) in [5.74, 6) is 0.632. The van der Waals surface area contributed by atoms with Crippen LogP contribution in [0, 0.1) is 6.92 Å². The van der Waals surface area contributed by atoms with Gasteiger partial charge in [0.25, 0.3) is 0 Å². The highest BCUT2D eigenvalue weighted by atomic mass is 16.2. The van der Waals surface area contributed by atoms with Crippen molar-refractivity contribution in [1.29, 1.82) is 0 Å². The number of nitrogens with one attached hydrogen (secondary N) is 2. The number of anilines is 2. The average Bonchev–Trinajstić information content (AvgIpc) is 2.75. The Labute approximate surface area is 124 Å². The Hall–Kier alpha value is -2.30. The van der Waals surface area contributed by atoms with Crippen LogP contribution in [0.3, 0.4) is 0 Å². The van der Waals surface area contributed by atoms with E-state index in [0.717, 1.165) is 29.2 Å². The third-order valence-corrected chi connectivity index (χ3v) is 3.90. The molecular formula is C16H20N4O. The number of carbonyl (C=O) groups excluding carboxylic acids is 1. The fourth-order valence-electron chi connectivity index (χ4n) is 2.93. The summed E-state index contributed by atoms with van der Waals surface area (Å²) in [6.45, 7) is 4.02. The molecule has 1 aromatic carbocycles. The number of rotatable bonds is 2. The number of para-hydroxylation sites is 1. The van der Waals surface area contributed by atoms with Gasteiger partial charge in [-0.05, 0) is 31.9 Å². The average molecular weight is 284 g/mol. The van der Waals surface area contributed by atoms with Crippen LogP contribution in [0.1, 0.15) is 30.5 Å². The molecule has 0 saturated carbocycles. The standard InChI is InChI=1S/C16H20N4O/c1-10-8-13(12-6-4-5-7-14(12)17-10)16(21)18-15-9-11(2)19-20(15)3/h4-7,9-10,13,17H,8H2,1-3H3,(H,18,21). The van der Waals surface area contributed by atoms with Crippen LogP contribution in [0.5, 0.6) is 0 Å². The molecule has 3 rings (SSSR count). The van der Waals surface area contributed by atoms with Crippen LogP contribution in [0.25, 0.3) is 0 Å². The molecule has 1 aliphatic heterocycles. The van der Waals surface area contributed by atoms with Crippen molar-refractivity contribution in [1.82, 2.24) is 9.78 Å². The number of hydrogen-bond donors (Lipinski definition) is 2. The largest absolute Gasteiger partial charge is 0.382 e. The van der Waals surface area contributed by atoms with Gasteiger partial charge < -0.3 is 10.6 Å². The molecule has 1 amide bonds.